The molecule has 2 aromatic heterocycles. The zero-order chi connectivity index (χ0) is 19.7. The SMILES string of the molecule is CC(=O)c1c(C)[nH]c(C(=O)Nc2nc(CN3C[C@@H](C)C[C@H](C)C3)cs2)c1C. The van der Waals surface area contributed by atoms with Crippen molar-refractivity contribution in [2.45, 2.75) is 47.6 Å². The molecule has 0 aromatic carbocycles. The van der Waals surface area contributed by atoms with Crippen LogP contribution in [0.5, 0.6) is 0 Å². The smallest absolute Gasteiger partial charge is 0.274 e. The molecule has 1 aliphatic heterocycles. The average molecular weight is 389 g/mol. The number of hydrogen-bond donors (Lipinski definition) is 2. The number of thiazole rings is 1. The maximum Gasteiger partial charge on any atom is 0.274 e. The average Bonchev–Trinajstić information content (AvgIpc) is 3.10. The number of ketones is 1. The number of amides is 1. The normalized spacial score (nSPS) is 20.6. The van der Waals surface area contributed by atoms with Crippen molar-refractivity contribution in [3.63, 3.8) is 0 Å². The number of aryl methyl sites for hydroxylation is 1. The molecule has 1 fully saturated rings. The fourth-order valence-corrected chi connectivity index (χ4v) is 4.95. The van der Waals surface area contributed by atoms with E-state index in [9.17, 15) is 9.59 Å². The lowest BCUT2D eigenvalue weighted by Gasteiger charge is -2.34. The number of hydrogen-bond acceptors (Lipinski definition) is 5. The summed E-state index contributed by atoms with van der Waals surface area (Å²) >= 11 is 1.44. The predicted octanol–water partition coefficient (Wildman–Crippen LogP) is 4.02. The first-order valence-corrected chi connectivity index (χ1v) is 10.3. The second-order valence-corrected chi connectivity index (χ2v) is 8.78. The molecular formula is C20H28N4O2S. The number of nitrogens with zero attached hydrogens (tertiary/aromatic N) is 2. The Hall–Kier alpha value is -1.99. The van der Waals surface area contributed by atoms with Crippen molar-refractivity contribution < 1.29 is 9.59 Å². The summed E-state index contributed by atoms with van der Waals surface area (Å²) in [5.74, 6) is 1.12. The van der Waals surface area contributed by atoms with Gasteiger partial charge in [-0.25, -0.2) is 4.98 Å². The number of nitrogens with one attached hydrogen (secondary N) is 2. The van der Waals surface area contributed by atoms with Gasteiger partial charge in [0.05, 0.1) is 5.69 Å². The zero-order valence-electron chi connectivity index (χ0n) is 16.7. The van der Waals surface area contributed by atoms with Crippen LogP contribution in [-0.2, 0) is 6.54 Å². The molecule has 146 valence electrons. The quantitative estimate of drug-likeness (QED) is 0.758. The summed E-state index contributed by atoms with van der Waals surface area (Å²) in [7, 11) is 0. The van der Waals surface area contributed by atoms with Crippen LogP contribution >= 0.6 is 11.3 Å². The molecule has 6 nitrogen and oxygen atoms in total. The maximum atomic E-state index is 12.6. The van der Waals surface area contributed by atoms with Crippen LogP contribution in [-0.4, -0.2) is 39.6 Å². The van der Waals surface area contributed by atoms with Crippen LogP contribution in [0.15, 0.2) is 5.38 Å². The first kappa shape index (κ1) is 19.8. The number of likely N-dealkylation sites (tertiary alicyclic amines) is 1. The molecule has 0 bridgehead atoms. The summed E-state index contributed by atoms with van der Waals surface area (Å²) in [5.41, 5.74) is 3.41. The van der Waals surface area contributed by atoms with Crippen molar-refractivity contribution in [1.29, 1.82) is 0 Å². The number of piperidine rings is 1. The van der Waals surface area contributed by atoms with Crippen molar-refractivity contribution >= 4 is 28.2 Å². The lowest BCUT2D eigenvalue weighted by atomic mass is 9.92. The van der Waals surface area contributed by atoms with Gasteiger partial charge in [0, 0.05) is 36.3 Å². The summed E-state index contributed by atoms with van der Waals surface area (Å²) in [4.78, 5) is 34.4. The molecular weight excluding hydrogens is 360 g/mol. The van der Waals surface area contributed by atoms with Crippen LogP contribution in [0, 0.1) is 25.7 Å². The molecule has 0 unspecified atom stereocenters. The third-order valence-corrected chi connectivity index (χ3v) is 5.93. The first-order valence-electron chi connectivity index (χ1n) is 9.42. The largest absolute Gasteiger partial charge is 0.354 e. The predicted molar refractivity (Wildman–Crippen MR) is 109 cm³/mol. The molecule has 2 atom stereocenters. The van der Waals surface area contributed by atoms with Gasteiger partial charge in [0.2, 0.25) is 0 Å². The number of H-pyrrole nitrogens is 1. The molecule has 27 heavy (non-hydrogen) atoms. The van der Waals surface area contributed by atoms with Gasteiger partial charge in [-0.15, -0.1) is 11.3 Å². The van der Waals surface area contributed by atoms with Crippen LogP contribution in [0.2, 0.25) is 0 Å². The molecule has 0 radical (unpaired) electrons. The minimum absolute atomic E-state index is 0.0400. The highest BCUT2D eigenvalue weighted by Crippen LogP contribution is 2.25. The molecule has 3 rings (SSSR count). The Morgan fingerprint density at radius 2 is 1.96 bits per heavy atom. The Morgan fingerprint density at radius 3 is 2.56 bits per heavy atom. The highest BCUT2D eigenvalue weighted by Gasteiger charge is 2.23. The monoisotopic (exact) mass is 388 g/mol. The van der Waals surface area contributed by atoms with Gasteiger partial charge in [0.25, 0.3) is 5.91 Å². The third-order valence-electron chi connectivity index (χ3n) is 5.12. The van der Waals surface area contributed by atoms with Crippen molar-refractivity contribution in [1.82, 2.24) is 14.9 Å². The van der Waals surface area contributed by atoms with Gasteiger partial charge in [0.1, 0.15) is 5.69 Å². The van der Waals surface area contributed by atoms with E-state index in [1.165, 1.54) is 24.7 Å². The Balaban J connectivity index is 1.66. The van der Waals surface area contributed by atoms with E-state index in [1.807, 2.05) is 12.3 Å². The van der Waals surface area contributed by atoms with E-state index in [0.29, 0.717) is 33.8 Å². The van der Waals surface area contributed by atoms with Gasteiger partial charge in [-0.05, 0) is 44.6 Å². The Labute approximate surface area is 164 Å². The van der Waals surface area contributed by atoms with Crippen molar-refractivity contribution in [2.24, 2.45) is 11.8 Å². The van der Waals surface area contributed by atoms with E-state index < -0.39 is 0 Å². The second-order valence-electron chi connectivity index (χ2n) is 7.92. The van der Waals surface area contributed by atoms with Gasteiger partial charge in [-0.1, -0.05) is 13.8 Å². The van der Waals surface area contributed by atoms with Gasteiger partial charge in [-0.2, -0.15) is 0 Å². The standard InChI is InChI=1S/C20H28N4O2S/c1-11-6-12(2)8-24(7-11)9-16-10-27-20(22-16)23-19(26)18-13(3)17(15(5)25)14(4)21-18/h10-12,21H,6-9H2,1-5H3,(H,22,23,26)/t11-,12-/m0/s1. The summed E-state index contributed by atoms with van der Waals surface area (Å²) in [6.07, 6.45) is 1.28. The van der Waals surface area contributed by atoms with E-state index >= 15 is 0 Å². The van der Waals surface area contributed by atoms with Crippen LogP contribution in [0.1, 0.15) is 65.0 Å². The van der Waals surface area contributed by atoms with Crippen molar-refractivity contribution in [2.75, 3.05) is 18.4 Å². The summed E-state index contributed by atoms with van der Waals surface area (Å²) in [5, 5.41) is 5.46. The molecule has 2 aromatic rings. The Morgan fingerprint density at radius 1 is 1.30 bits per heavy atom. The van der Waals surface area contributed by atoms with E-state index in [2.05, 4.69) is 34.0 Å². The second kappa shape index (κ2) is 7.94. The topological polar surface area (TPSA) is 78.1 Å². The molecule has 1 amide bonds. The summed E-state index contributed by atoms with van der Waals surface area (Å²) in [6, 6.07) is 0. The molecule has 0 spiro atoms. The highest BCUT2D eigenvalue weighted by atomic mass is 32.1. The Kier molecular flexibility index (Phi) is 5.81. The summed E-state index contributed by atoms with van der Waals surface area (Å²) in [6.45, 7) is 12.7. The maximum absolute atomic E-state index is 12.6. The van der Waals surface area contributed by atoms with Crippen LogP contribution in [0.25, 0.3) is 0 Å². The number of carbonyl (C=O) groups excluding carboxylic acids is 2. The van der Waals surface area contributed by atoms with E-state index in [-0.39, 0.29) is 11.7 Å². The number of rotatable bonds is 5. The van der Waals surface area contributed by atoms with Crippen LogP contribution < -0.4 is 5.32 Å². The summed E-state index contributed by atoms with van der Waals surface area (Å²) < 4.78 is 0. The zero-order valence-corrected chi connectivity index (χ0v) is 17.5. The lowest BCUT2D eigenvalue weighted by molar-refractivity contribution is 0.101. The van der Waals surface area contributed by atoms with Crippen LogP contribution in [0.3, 0.4) is 0 Å². The molecule has 2 N–H and O–H groups in total. The lowest BCUT2D eigenvalue weighted by Crippen LogP contribution is -2.38. The number of aromatic nitrogens is 2. The molecule has 3 heterocycles. The fraction of sp³-hybridized carbons (Fsp3) is 0.550. The molecule has 1 aliphatic rings. The van der Waals surface area contributed by atoms with Crippen molar-refractivity contribution in [3.8, 4) is 0 Å². The third kappa shape index (κ3) is 4.47. The molecule has 1 saturated heterocycles. The van der Waals surface area contributed by atoms with Gasteiger partial charge < -0.3 is 4.98 Å². The van der Waals surface area contributed by atoms with Gasteiger partial charge >= 0.3 is 0 Å². The molecule has 7 heteroatoms. The molecule has 0 aliphatic carbocycles. The van der Waals surface area contributed by atoms with Gasteiger partial charge in [0.15, 0.2) is 10.9 Å². The minimum Gasteiger partial charge on any atom is -0.354 e. The van der Waals surface area contributed by atoms with E-state index in [1.54, 1.807) is 6.92 Å². The Bertz CT molecular complexity index is 844. The number of Topliss-reactive ketones (excluding diaryl/α,β-unsaturated/α-hetero) is 1. The molecule has 0 saturated carbocycles. The fourth-order valence-electron chi connectivity index (χ4n) is 4.25. The van der Waals surface area contributed by atoms with E-state index in [4.69, 9.17) is 0 Å². The number of carbonyl (C=O) groups is 2. The van der Waals surface area contributed by atoms with Gasteiger partial charge in [-0.3, -0.25) is 19.8 Å². The minimum atomic E-state index is -0.260. The highest BCUT2D eigenvalue weighted by molar-refractivity contribution is 7.13. The van der Waals surface area contributed by atoms with Crippen LogP contribution in [0.4, 0.5) is 5.13 Å². The van der Waals surface area contributed by atoms with Crippen molar-refractivity contribution in [3.05, 3.63) is 33.6 Å². The number of aromatic amines is 1. The first-order chi connectivity index (χ1) is 12.7. The van der Waals surface area contributed by atoms with E-state index in [0.717, 1.165) is 31.0 Å². The number of anilines is 1.